The summed E-state index contributed by atoms with van der Waals surface area (Å²) in [5.74, 6) is -5.16. The van der Waals surface area contributed by atoms with Gasteiger partial charge in [-0.15, -0.1) is 0 Å². The molecule has 6 N–H and O–H groups in total. The Morgan fingerprint density at radius 3 is 1.38 bits per heavy atom. The standard InChI is InChI=1S/C11H13NO3.C11H11NO3.C10H12O.C10H10O.C7H12O4.C7H10O4.C5H10O2.C5H8O2/c2*1-8(13)12-10(11(14)15)7-9-5-3-2-4-6-9;2*1-9(8-11)7-10-5-3-2-4-6-10;2*1-6(4-11-5-8)3-7(9)10-2;2*1-3-4(2)5(6)7/h2-6,10H,7H2,1H3,(H,12,13)(H,14,15);2-7H,1H3,(H,12,13)(H,14,15);2-6,8-9H,7H2,1H3;2-8H,1H3;5-6H,3-4H2,1-2H3;5H,1,3-4H2,2H3;4H,3H2,1-2H3,(H,6,7);3H,1-2H3,(H,6,7)/b;10-7-;;9-7+;;;;4-3+. The molecule has 22 nitrogen and oxygen atoms in total. The fourth-order valence-corrected chi connectivity index (χ4v) is 5.64. The Bertz CT molecular complexity index is 2780. The lowest BCUT2D eigenvalue weighted by Crippen LogP contribution is -2.41. The summed E-state index contributed by atoms with van der Waals surface area (Å²) in [5, 5.41) is 38.6. The number of amides is 2. The second-order valence-electron chi connectivity index (χ2n) is 18.6. The van der Waals surface area contributed by atoms with E-state index >= 15 is 0 Å². The number of hydrogen-bond donors (Lipinski definition) is 6. The topological polar surface area (TPSA) is 347 Å². The Kier molecular flexibility index (Phi) is 52.5. The van der Waals surface area contributed by atoms with Gasteiger partial charge >= 0.3 is 35.8 Å². The first-order valence-corrected chi connectivity index (χ1v) is 27.1. The van der Waals surface area contributed by atoms with E-state index in [1.807, 2.05) is 117 Å². The number of carbonyl (C=O) groups excluding carboxylic acids is 8. The average Bonchev–Trinajstić information content (AvgIpc) is 3.65. The van der Waals surface area contributed by atoms with Crippen LogP contribution in [0.3, 0.4) is 0 Å². The number of ether oxygens (including phenoxy) is 4. The molecule has 0 saturated carbocycles. The van der Waals surface area contributed by atoms with Crippen molar-refractivity contribution in [3.05, 3.63) is 179 Å². The molecule has 0 aliphatic carbocycles. The van der Waals surface area contributed by atoms with Gasteiger partial charge in [-0.3, -0.25) is 38.4 Å². The minimum absolute atomic E-state index is 0.0210. The lowest BCUT2D eigenvalue weighted by molar-refractivity contribution is -0.143. The molecule has 0 radical (unpaired) electrons. The van der Waals surface area contributed by atoms with E-state index in [1.165, 1.54) is 39.7 Å². The summed E-state index contributed by atoms with van der Waals surface area (Å²) in [5.41, 5.74) is 5.43. The molecule has 4 aromatic rings. The van der Waals surface area contributed by atoms with Crippen molar-refractivity contribution in [2.75, 3.05) is 27.4 Å². The second kappa shape index (κ2) is 54.8. The van der Waals surface area contributed by atoms with E-state index < -0.39 is 35.8 Å². The predicted molar refractivity (Wildman–Crippen MR) is 333 cm³/mol. The molecule has 0 aliphatic rings. The summed E-state index contributed by atoms with van der Waals surface area (Å²) < 4.78 is 17.6. The monoisotopic (exact) mass is 1230 g/mol. The zero-order valence-electron chi connectivity index (χ0n) is 51.9. The minimum atomic E-state index is -1.16. The van der Waals surface area contributed by atoms with Gasteiger partial charge in [0.2, 0.25) is 11.8 Å². The largest absolute Gasteiger partial charge is 0.481 e. The maximum absolute atomic E-state index is 10.8. The third kappa shape index (κ3) is 52.7. The summed E-state index contributed by atoms with van der Waals surface area (Å²) in [6.45, 7) is 19.4. The minimum Gasteiger partial charge on any atom is -0.481 e. The molecule has 4 rings (SSSR count). The van der Waals surface area contributed by atoms with Crippen LogP contribution in [0.4, 0.5) is 0 Å². The number of allylic oxidation sites excluding steroid dienone is 2. The number of rotatable bonds is 25. The Labute approximate surface area is 515 Å². The number of hydrogen-bond acceptors (Lipinski definition) is 16. The number of carboxylic acid groups (broad SMARTS) is 4. The van der Waals surface area contributed by atoms with Gasteiger partial charge in [0.05, 0.1) is 39.6 Å². The number of nitrogens with one attached hydrogen (secondary N) is 2. The highest BCUT2D eigenvalue weighted by molar-refractivity contribution is 5.96. The highest BCUT2D eigenvalue weighted by Crippen LogP contribution is 2.08. The van der Waals surface area contributed by atoms with E-state index in [0.29, 0.717) is 30.5 Å². The van der Waals surface area contributed by atoms with Gasteiger partial charge in [-0.2, -0.15) is 0 Å². The molecule has 0 bridgehead atoms. The third-order valence-electron chi connectivity index (χ3n) is 10.6. The first-order chi connectivity index (χ1) is 41.6. The van der Waals surface area contributed by atoms with Crippen LogP contribution in [0, 0.1) is 17.8 Å². The van der Waals surface area contributed by atoms with E-state index in [0.717, 1.165) is 47.7 Å². The lowest BCUT2D eigenvalue weighted by atomic mass is 10.0. The van der Waals surface area contributed by atoms with Gasteiger partial charge in [-0.05, 0) is 79.2 Å². The van der Waals surface area contributed by atoms with Crippen molar-refractivity contribution in [3.63, 3.8) is 0 Å². The molecule has 0 fully saturated rings. The Morgan fingerprint density at radius 2 is 1.05 bits per heavy atom. The molecule has 4 aromatic carbocycles. The maximum atomic E-state index is 10.8. The molecule has 88 heavy (non-hydrogen) atoms. The van der Waals surface area contributed by atoms with Crippen LogP contribution in [-0.2, 0) is 89.3 Å². The van der Waals surface area contributed by atoms with Crippen LogP contribution in [0.5, 0.6) is 0 Å². The summed E-state index contributed by atoms with van der Waals surface area (Å²) in [7, 11) is 2.62. The van der Waals surface area contributed by atoms with Gasteiger partial charge < -0.3 is 54.8 Å². The summed E-state index contributed by atoms with van der Waals surface area (Å²) in [4.78, 5) is 124. The molecule has 480 valence electrons. The predicted octanol–water partition coefficient (Wildman–Crippen LogP) is 9.21. The van der Waals surface area contributed by atoms with E-state index in [1.54, 1.807) is 65.0 Å². The van der Waals surface area contributed by atoms with E-state index in [9.17, 15) is 57.5 Å². The zero-order chi connectivity index (χ0) is 67.8. The highest BCUT2D eigenvalue weighted by Gasteiger charge is 2.18. The molecule has 0 aromatic heterocycles. The summed E-state index contributed by atoms with van der Waals surface area (Å²) in [6, 6.07) is 37.1. The van der Waals surface area contributed by atoms with Gasteiger partial charge in [0.15, 0.2) is 0 Å². The quantitative estimate of drug-likeness (QED) is 0.0118. The van der Waals surface area contributed by atoms with E-state index in [-0.39, 0.29) is 67.4 Å². The third-order valence-corrected chi connectivity index (χ3v) is 10.6. The molecule has 0 aliphatic heterocycles. The highest BCUT2D eigenvalue weighted by atomic mass is 16.5. The maximum Gasteiger partial charge on any atom is 0.352 e. The van der Waals surface area contributed by atoms with Crippen LogP contribution >= 0.6 is 0 Å². The van der Waals surface area contributed by atoms with Crippen LogP contribution in [-0.4, -0.2) is 127 Å². The van der Waals surface area contributed by atoms with Gasteiger partial charge in [0.25, 0.3) is 12.9 Å². The number of esters is 2. The summed E-state index contributed by atoms with van der Waals surface area (Å²) >= 11 is 0. The molecule has 22 heteroatoms. The van der Waals surface area contributed by atoms with Crippen LogP contribution in [0.2, 0.25) is 0 Å². The van der Waals surface area contributed by atoms with Crippen molar-refractivity contribution < 1.29 is 96.9 Å². The lowest BCUT2D eigenvalue weighted by Gasteiger charge is -2.12. The van der Waals surface area contributed by atoms with Crippen molar-refractivity contribution in [1.82, 2.24) is 10.6 Å². The number of benzene rings is 4. The smallest absolute Gasteiger partial charge is 0.352 e. The average molecular weight is 1230 g/mol. The number of methoxy groups -OCH3 is 2. The summed E-state index contributed by atoms with van der Waals surface area (Å²) in [6.07, 6.45) is 8.91. The molecule has 2 amide bonds. The Morgan fingerprint density at radius 1 is 0.591 bits per heavy atom. The fraction of sp³-hybridized carbons (Fsp3) is 0.333. The van der Waals surface area contributed by atoms with Gasteiger partial charge in [0, 0.05) is 37.7 Å². The van der Waals surface area contributed by atoms with Gasteiger partial charge in [-0.1, -0.05) is 162 Å². The van der Waals surface area contributed by atoms with Crippen LogP contribution in [0.15, 0.2) is 156 Å². The van der Waals surface area contributed by atoms with Crippen LogP contribution in [0.1, 0.15) is 104 Å². The van der Waals surface area contributed by atoms with Crippen molar-refractivity contribution >= 4 is 85.3 Å². The van der Waals surface area contributed by atoms with Gasteiger partial charge in [-0.25, -0.2) is 14.4 Å². The SMILES string of the molecule is C/C(C=O)=C\c1ccccc1.C/C=C(\C)C(=O)O.C=C(COC=O)CC(=O)OC.CC(=O)N/C(=C\c1ccccc1)C(=O)O.CC(=O)NC(Cc1ccccc1)C(=O)O.CC(C=O)Cc1ccccc1.CCC(C)C(=O)O.COC(=O)CC(C)COC=O. The first kappa shape index (κ1) is 84.3. The number of aliphatic carboxylic acids is 4. The number of carbonyl (C=O) groups is 12. The van der Waals surface area contributed by atoms with Crippen molar-refractivity contribution in [2.24, 2.45) is 17.8 Å². The van der Waals surface area contributed by atoms with Crippen molar-refractivity contribution in [2.45, 2.75) is 100 Å². The zero-order valence-corrected chi connectivity index (χ0v) is 51.9. The van der Waals surface area contributed by atoms with Crippen LogP contribution in [0.25, 0.3) is 12.2 Å². The van der Waals surface area contributed by atoms with Crippen molar-refractivity contribution in [3.8, 4) is 0 Å². The molecule has 0 saturated heterocycles. The molecule has 4 unspecified atom stereocenters. The van der Waals surface area contributed by atoms with Crippen molar-refractivity contribution in [1.29, 1.82) is 0 Å². The first-order valence-electron chi connectivity index (χ1n) is 27.1. The fourth-order valence-electron chi connectivity index (χ4n) is 5.64. The van der Waals surface area contributed by atoms with E-state index in [2.05, 4.69) is 36.2 Å². The van der Waals surface area contributed by atoms with Crippen LogP contribution < -0.4 is 10.6 Å². The van der Waals surface area contributed by atoms with Gasteiger partial charge in [0.1, 0.15) is 30.9 Å². The molecule has 4 atom stereocenters. The molecule has 0 heterocycles. The normalized spacial score (nSPS) is 11.3. The Hall–Kier alpha value is -10.1. The molecular weight excluding hydrogens is 1140 g/mol. The molecular formula is C66H86N2O20. The second-order valence-corrected chi connectivity index (χ2v) is 18.6. The Balaban J connectivity index is -0.000000464. The van der Waals surface area contributed by atoms with E-state index in [4.69, 9.17) is 20.4 Å². The molecule has 0 spiro atoms. The number of aldehydes is 2. The number of carboxylic acids is 4.